The number of benzene rings is 3. The van der Waals surface area contributed by atoms with Gasteiger partial charge in [0.25, 0.3) is 0 Å². The lowest BCUT2D eigenvalue weighted by Crippen LogP contribution is -2.44. The molecule has 4 aromatic rings. The zero-order valence-electron chi connectivity index (χ0n) is 19.0. The molecule has 5 rings (SSSR count). The quantitative estimate of drug-likeness (QED) is 0.405. The molecule has 0 bridgehead atoms. The van der Waals surface area contributed by atoms with Gasteiger partial charge in [-0.2, -0.15) is 0 Å². The third-order valence-corrected chi connectivity index (χ3v) is 7.23. The maximum absolute atomic E-state index is 13.2. The van der Waals surface area contributed by atoms with Crippen LogP contribution in [0, 0.1) is 0 Å². The highest BCUT2D eigenvalue weighted by Crippen LogP contribution is 2.29. The number of nitrogens with one attached hydrogen (secondary N) is 1. The fourth-order valence-corrected chi connectivity index (χ4v) is 5.35. The lowest BCUT2D eigenvalue weighted by Gasteiger charge is -2.24. The van der Waals surface area contributed by atoms with Gasteiger partial charge in [-0.25, -0.2) is 4.98 Å². The zero-order valence-corrected chi connectivity index (χ0v) is 19.8. The summed E-state index contributed by atoms with van der Waals surface area (Å²) in [5.41, 5.74) is 4.71. The SMILES string of the molecule is [11CH3]n1c(SCC(=O)N2CCC[C@H]2C(=O)Nc2ccccc2-c2ccccc2)nc2ccccc21. The van der Waals surface area contributed by atoms with Crippen LogP contribution in [0.15, 0.2) is 84.0 Å². The third kappa shape index (κ3) is 4.43. The van der Waals surface area contributed by atoms with Crippen LogP contribution in [0.1, 0.15) is 12.8 Å². The minimum atomic E-state index is -0.461. The third-order valence-electron chi connectivity index (χ3n) is 6.22. The van der Waals surface area contributed by atoms with Crippen LogP contribution in [0.2, 0.25) is 0 Å². The van der Waals surface area contributed by atoms with Crippen molar-refractivity contribution in [2.45, 2.75) is 24.0 Å². The Labute approximate surface area is 203 Å². The Kier molecular flexibility index (Phi) is 6.36. The number of amides is 2. The van der Waals surface area contributed by atoms with E-state index in [1.165, 1.54) is 11.8 Å². The van der Waals surface area contributed by atoms with E-state index in [9.17, 15) is 9.59 Å². The molecule has 0 spiro atoms. The minimum Gasteiger partial charge on any atom is -0.330 e. The average molecular weight is 470 g/mol. The summed E-state index contributed by atoms with van der Waals surface area (Å²) in [4.78, 5) is 32.7. The number of carbonyl (C=O) groups excluding carboxylic acids is 2. The molecule has 0 aliphatic carbocycles. The van der Waals surface area contributed by atoms with E-state index >= 15 is 0 Å². The summed E-state index contributed by atoms with van der Waals surface area (Å²) in [5, 5.41) is 3.88. The van der Waals surface area contributed by atoms with Crippen LogP contribution >= 0.6 is 11.8 Å². The van der Waals surface area contributed by atoms with Gasteiger partial charge in [0.15, 0.2) is 5.16 Å². The second-order valence-electron chi connectivity index (χ2n) is 8.38. The average Bonchev–Trinajstić information content (AvgIpc) is 3.49. The zero-order chi connectivity index (χ0) is 23.5. The standard InChI is InChI=1S/C27H26N4O2S/c1-30-23-15-8-7-14-22(23)29-27(30)34-18-25(32)31-17-9-16-24(31)26(33)28-21-13-6-5-12-20(21)19-10-3-2-4-11-19/h2-8,10-15,24H,9,16-18H2,1H3,(H,28,33)/t24-/m0/s1/i1-1. The van der Waals surface area contributed by atoms with E-state index in [4.69, 9.17) is 0 Å². The van der Waals surface area contributed by atoms with Crippen molar-refractivity contribution in [2.24, 2.45) is 7.05 Å². The number of fused-ring (bicyclic) bond motifs is 1. The molecule has 6 nitrogen and oxygen atoms in total. The molecule has 1 aromatic heterocycles. The summed E-state index contributed by atoms with van der Waals surface area (Å²) in [5.74, 6) is 0.0784. The molecule has 3 aromatic carbocycles. The lowest BCUT2D eigenvalue weighted by atomic mass is 10.0. The van der Waals surface area contributed by atoms with Gasteiger partial charge in [0.1, 0.15) is 6.04 Å². The van der Waals surface area contributed by atoms with Crippen molar-refractivity contribution in [1.82, 2.24) is 14.5 Å². The van der Waals surface area contributed by atoms with Crippen LogP contribution in [0.25, 0.3) is 22.2 Å². The van der Waals surface area contributed by atoms with Crippen LogP contribution < -0.4 is 5.32 Å². The van der Waals surface area contributed by atoms with Gasteiger partial charge in [-0.15, -0.1) is 0 Å². The predicted molar refractivity (Wildman–Crippen MR) is 137 cm³/mol. The highest BCUT2D eigenvalue weighted by Gasteiger charge is 2.34. The maximum atomic E-state index is 13.2. The summed E-state index contributed by atoms with van der Waals surface area (Å²) < 4.78 is 2.00. The van der Waals surface area contributed by atoms with E-state index in [0.29, 0.717) is 13.0 Å². The normalized spacial score (nSPS) is 15.6. The Hall–Kier alpha value is -3.58. The van der Waals surface area contributed by atoms with Crippen molar-refractivity contribution in [1.29, 1.82) is 0 Å². The minimum absolute atomic E-state index is 0.0361. The number of nitrogens with zero attached hydrogens (tertiary/aromatic N) is 3. The molecule has 0 unspecified atom stereocenters. The molecule has 2 amide bonds. The number of likely N-dealkylation sites (tertiary alicyclic amines) is 1. The molecular formula is C27H26N4O2S. The van der Waals surface area contributed by atoms with Gasteiger partial charge >= 0.3 is 0 Å². The second-order valence-corrected chi connectivity index (χ2v) is 9.32. The molecule has 172 valence electrons. The molecule has 0 radical (unpaired) electrons. The highest BCUT2D eigenvalue weighted by atomic mass is 32.2. The Balaban J connectivity index is 1.27. The van der Waals surface area contributed by atoms with E-state index in [1.807, 2.05) is 90.5 Å². The van der Waals surface area contributed by atoms with Gasteiger partial charge in [0.2, 0.25) is 11.8 Å². The van der Waals surface area contributed by atoms with Crippen LogP contribution in [0.3, 0.4) is 0 Å². The summed E-state index contributed by atoms with van der Waals surface area (Å²) in [6, 6.07) is 25.2. The van der Waals surface area contributed by atoms with Crippen molar-refractivity contribution in [3.05, 3.63) is 78.9 Å². The molecule has 1 N–H and O–H groups in total. The summed E-state index contributed by atoms with van der Waals surface area (Å²) in [7, 11) is 1.96. The number of hydrogen-bond acceptors (Lipinski definition) is 4. The first-order chi connectivity index (χ1) is 16.6. The molecule has 34 heavy (non-hydrogen) atoms. The number of imidazole rings is 1. The second kappa shape index (κ2) is 9.73. The van der Waals surface area contributed by atoms with Crippen LogP contribution in [-0.4, -0.2) is 44.6 Å². The van der Waals surface area contributed by atoms with Crippen LogP contribution in [-0.2, 0) is 16.6 Å². The monoisotopic (exact) mass is 469 g/mol. The first-order valence-electron chi connectivity index (χ1n) is 11.4. The number of hydrogen-bond donors (Lipinski definition) is 1. The molecule has 2 heterocycles. The van der Waals surface area contributed by atoms with E-state index in [-0.39, 0.29) is 17.6 Å². The van der Waals surface area contributed by atoms with E-state index < -0.39 is 6.04 Å². The molecule has 1 aliphatic rings. The Morgan fingerprint density at radius 1 is 1.00 bits per heavy atom. The molecular weight excluding hydrogens is 443 g/mol. The van der Waals surface area contributed by atoms with E-state index in [1.54, 1.807) is 4.90 Å². The fourth-order valence-electron chi connectivity index (χ4n) is 4.48. The largest absolute Gasteiger partial charge is 0.330 e. The Morgan fingerprint density at radius 2 is 1.74 bits per heavy atom. The predicted octanol–water partition coefficient (Wildman–Crippen LogP) is 4.96. The van der Waals surface area contributed by atoms with E-state index in [0.717, 1.165) is 39.4 Å². The molecule has 7 heteroatoms. The van der Waals surface area contributed by atoms with Crippen molar-refractivity contribution >= 4 is 40.3 Å². The van der Waals surface area contributed by atoms with Gasteiger partial charge in [-0.1, -0.05) is 72.4 Å². The molecule has 0 saturated carbocycles. The number of aryl methyl sites for hydroxylation is 1. The van der Waals surface area contributed by atoms with E-state index in [2.05, 4.69) is 10.3 Å². The van der Waals surface area contributed by atoms with Gasteiger partial charge in [0.05, 0.1) is 16.8 Å². The summed E-state index contributed by atoms with van der Waals surface area (Å²) in [6.07, 6.45) is 1.49. The Bertz CT molecular complexity index is 1330. The first kappa shape index (κ1) is 22.2. The van der Waals surface area contributed by atoms with Crippen molar-refractivity contribution in [2.75, 3.05) is 17.6 Å². The first-order valence-corrected chi connectivity index (χ1v) is 12.4. The highest BCUT2D eigenvalue weighted by molar-refractivity contribution is 7.99. The number of aromatic nitrogens is 2. The Morgan fingerprint density at radius 3 is 2.56 bits per heavy atom. The number of thioether (sulfide) groups is 1. The summed E-state index contributed by atoms with van der Waals surface area (Å²) in [6.45, 7) is 0.598. The number of anilines is 1. The lowest BCUT2D eigenvalue weighted by molar-refractivity contribution is -0.134. The van der Waals surface area contributed by atoms with Crippen LogP contribution in [0.4, 0.5) is 5.69 Å². The number of para-hydroxylation sites is 3. The maximum Gasteiger partial charge on any atom is 0.247 e. The topological polar surface area (TPSA) is 67.2 Å². The molecule has 1 fully saturated rings. The number of rotatable bonds is 6. The smallest absolute Gasteiger partial charge is 0.247 e. The molecule has 1 saturated heterocycles. The van der Waals surface area contributed by atoms with Crippen molar-refractivity contribution < 1.29 is 9.59 Å². The van der Waals surface area contributed by atoms with Gasteiger partial charge < -0.3 is 14.8 Å². The van der Waals surface area contributed by atoms with Gasteiger partial charge in [-0.3, -0.25) is 9.59 Å². The van der Waals surface area contributed by atoms with Crippen molar-refractivity contribution in [3.8, 4) is 11.1 Å². The fraction of sp³-hybridized carbons (Fsp3) is 0.222. The van der Waals surface area contributed by atoms with Gasteiger partial charge in [-0.05, 0) is 36.6 Å². The van der Waals surface area contributed by atoms with Crippen molar-refractivity contribution in [3.63, 3.8) is 0 Å². The molecule has 1 atom stereocenters. The van der Waals surface area contributed by atoms with Gasteiger partial charge in [0, 0.05) is 24.8 Å². The number of carbonyl (C=O) groups is 2. The summed E-state index contributed by atoms with van der Waals surface area (Å²) >= 11 is 1.41. The molecule has 1 aliphatic heterocycles. The van der Waals surface area contributed by atoms with Crippen LogP contribution in [0.5, 0.6) is 0 Å².